The van der Waals surface area contributed by atoms with Gasteiger partial charge in [0, 0.05) is 52.6 Å². The summed E-state index contributed by atoms with van der Waals surface area (Å²) >= 11 is 1.62. The number of nitrogens with one attached hydrogen (secondary N) is 1. The zero-order valence-electron chi connectivity index (χ0n) is 15.0. The largest absolute Gasteiger partial charge is 0.371 e. The van der Waals surface area contributed by atoms with Crippen molar-refractivity contribution in [1.29, 1.82) is 0 Å². The van der Waals surface area contributed by atoms with Crippen molar-refractivity contribution in [3.8, 4) is 0 Å². The van der Waals surface area contributed by atoms with Gasteiger partial charge in [0.25, 0.3) is 0 Å². The molecule has 0 saturated heterocycles. The Morgan fingerprint density at radius 2 is 2.00 bits per heavy atom. The maximum Gasteiger partial charge on any atom is 0.224 e. The molecule has 0 unspecified atom stereocenters. The summed E-state index contributed by atoms with van der Waals surface area (Å²) < 4.78 is 0. The number of likely N-dealkylation sites (N-methyl/N-ethyl adjacent to an activating group) is 1. The van der Waals surface area contributed by atoms with Crippen LogP contribution in [0.15, 0.2) is 24.3 Å². The smallest absolute Gasteiger partial charge is 0.224 e. The first-order valence-corrected chi connectivity index (χ1v) is 9.57. The highest BCUT2D eigenvalue weighted by atomic mass is 32.1. The van der Waals surface area contributed by atoms with Crippen molar-refractivity contribution in [2.24, 2.45) is 0 Å². The molecular weight excluding hydrogens is 332 g/mol. The summed E-state index contributed by atoms with van der Waals surface area (Å²) in [4.78, 5) is 29.0. The van der Waals surface area contributed by atoms with E-state index in [2.05, 4.69) is 23.2 Å². The molecule has 2 aromatic rings. The van der Waals surface area contributed by atoms with Gasteiger partial charge < -0.3 is 10.2 Å². The SMILES string of the molecule is CCN1CCc2ccc(NC(=O)CCC(=O)c3cc(C)sc3C)cc21. The molecule has 2 heterocycles. The van der Waals surface area contributed by atoms with Crippen LogP contribution in [0.3, 0.4) is 0 Å². The van der Waals surface area contributed by atoms with E-state index in [4.69, 9.17) is 0 Å². The average molecular weight is 356 g/mol. The first kappa shape index (κ1) is 17.7. The van der Waals surface area contributed by atoms with Crippen LogP contribution in [0.5, 0.6) is 0 Å². The lowest BCUT2D eigenvalue weighted by Gasteiger charge is -2.17. The molecule has 0 atom stereocenters. The minimum atomic E-state index is -0.112. The number of aryl methyl sites for hydroxylation is 2. The van der Waals surface area contributed by atoms with Crippen LogP contribution >= 0.6 is 11.3 Å². The third-order valence-corrected chi connectivity index (χ3v) is 5.63. The van der Waals surface area contributed by atoms with E-state index >= 15 is 0 Å². The number of carbonyl (C=O) groups is 2. The van der Waals surface area contributed by atoms with Crippen molar-refractivity contribution in [2.45, 2.75) is 40.0 Å². The van der Waals surface area contributed by atoms with Crippen LogP contribution in [-0.2, 0) is 11.2 Å². The normalized spacial score (nSPS) is 13.0. The molecule has 132 valence electrons. The van der Waals surface area contributed by atoms with Crippen molar-refractivity contribution in [3.63, 3.8) is 0 Å². The second-order valence-corrected chi connectivity index (χ2v) is 7.93. The third-order valence-electron chi connectivity index (χ3n) is 4.66. The van der Waals surface area contributed by atoms with Crippen LogP contribution in [0.25, 0.3) is 0 Å². The van der Waals surface area contributed by atoms with E-state index in [1.165, 1.54) is 11.3 Å². The Morgan fingerprint density at radius 1 is 1.20 bits per heavy atom. The summed E-state index contributed by atoms with van der Waals surface area (Å²) in [5.74, 6) is -0.0675. The van der Waals surface area contributed by atoms with Crippen LogP contribution in [0, 0.1) is 13.8 Å². The molecule has 0 spiro atoms. The van der Waals surface area contributed by atoms with Crippen molar-refractivity contribution >= 4 is 34.4 Å². The van der Waals surface area contributed by atoms with Crippen molar-refractivity contribution in [2.75, 3.05) is 23.3 Å². The second kappa shape index (κ2) is 7.40. The zero-order chi connectivity index (χ0) is 18.0. The van der Waals surface area contributed by atoms with Gasteiger partial charge in [0.05, 0.1) is 0 Å². The standard InChI is InChI=1S/C20H24N2O2S/c1-4-22-10-9-15-5-6-16(12-18(15)22)21-20(24)8-7-19(23)17-11-13(2)25-14(17)3/h5-6,11-12H,4,7-10H2,1-3H3,(H,21,24). The fourth-order valence-corrected chi connectivity index (χ4v) is 4.29. The lowest BCUT2D eigenvalue weighted by Crippen LogP contribution is -2.19. The number of hydrogen-bond donors (Lipinski definition) is 1. The molecule has 4 nitrogen and oxygen atoms in total. The van der Waals surface area contributed by atoms with Crippen LogP contribution in [-0.4, -0.2) is 24.8 Å². The molecule has 1 N–H and O–H groups in total. The Hall–Kier alpha value is -2.14. The predicted molar refractivity (Wildman–Crippen MR) is 104 cm³/mol. The Bertz CT molecular complexity index is 810. The number of fused-ring (bicyclic) bond motifs is 1. The topological polar surface area (TPSA) is 49.4 Å². The van der Waals surface area contributed by atoms with Gasteiger partial charge in [-0.2, -0.15) is 0 Å². The fraction of sp³-hybridized carbons (Fsp3) is 0.400. The zero-order valence-corrected chi connectivity index (χ0v) is 15.8. The van der Waals surface area contributed by atoms with E-state index in [1.54, 1.807) is 11.3 Å². The van der Waals surface area contributed by atoms with Gasteiger partial charge in [0.1, 0.15) is 0 Å². The number of rotatable bonds is 6. The van der Waals surface area contributed by atoms with Crippen molar-refractivity contribution in [1.82, 2.24) is 0 Å². The number of thiophene rings is 1. The van der Waals surface area contributed by atoms with Gasteiger partial charge in [-0.3, -0.25) is 9.59 Å². The quantitative estimate of drug-likeness (QED) is 0.783. The molecule has 25 heavy (non-hydrogen) atoms. The molecule has 0 aliphatic carbocycles. The maximum atomic E-state index is 12.3. The van der Waals surface area contributed by atoms with E-state index in [9.17, 15) is 9.59 Å². The number of nitrogens with zero attached hydrogens (tertiary/aromatic N) is 1. The number of carbonyl (C=O) groups excluding carboxylic acids is 2. The maximum absolute atomic E-state index is 12.3. The van der Waals surface area contributed by atoms with Gasteiger partial charge in [-0.05, 0) is 51.0 Å². The highest BCUT2D eigenvalue weighted by molar-refractivity contribution is 7.12. The lowest BCUT2D eigenvalue weighted by molar-refractivity contribution is -0.116. The first-order valence-electron chi connectivity index (χ1n) is 8.76. The highest BCUT2D eigenvalue weighted by Gasteiger charge is 2.18. The Labute approximate surface area is 152 Å². The van der Waals surface area contributed by atoms with Crippen molar-refractivity contribution in [3.05, 3.63) is 45.1 Å². The van der Waals surface area contributed by atoms with E-state index in [-0.39, 0.29) is 24.5 Å². The van der Waals surface area contributed by atoms with Gasteiger partial charge in [-0.15, -0.1) is 11.3 Å². The molecule has 1 amide bonds. The third kappa shape index (κ3) is 3.93. The highest BCUT2D eigenvalue weighted by Crippen LogP contribution is 2.30. The minimum absolute atomic E-state index is 0.0445. The number of amides is 1. The van der Waals surface area contributed by atoms with Crippen LogP contribution in [0.2, 0.25) is 0 Å². The number of ketones is 1. The molecular formula is C20H24N2O2S. The number of benzene rings is 1. The summed E-state index contributed by atoms with van der Waals surface area (Å²) in [6, 6.07) is 7.99. The minimum Gasteiger partial charge on any atom is -0.371 e. The molecule has 0 radical (unpaired) electrons. The van der Waals surface area contributed by atoms with Gasteiger partial charge in [-0.25, -0.2) is 0 Å². The molecule has 1 aliphatic rings. The summed E-state index contributed by atoms with van der Waals surface area (Å²) in [5.41, 5.74) is 4.10. The predicted octanol–water partition coefficient (Wildman–Crippen LogP) is 4.35. The Balaban J connectivity index is 1.58. The van der Waals surface area contributed by atoms with E-state index in [1.807, 2.05) is 32.0 Å². The molecule has 3 rings (SSSR count). The lowest BCUT2D eigenvalue weighted by atomic mass is 10.1. The average Bonchev–Trinajstić information content (AvgIpc) is 3.14. The van der Waals surface area contributed by atoms with Crippen LogP contribution in [0.4, 0.5) is 11.4 Å². The number of hydrogen-bond acceptors (Lipinski definition) is 4. The van der Waals surface area contributed by atoms with Crippen LogP contribution < -0.4 is 10.2 Å². The van der Waals surface area contributed by atoms with Crippen molar-refractivity contribution < 1.29 is 9.59 Å². The summed E-state index contributed by atoms with van der Waals surface area (Å²) in [6.07, 6.45) is 1.52. The Kier molecular flexibility index (Phi) is 5.23. The first-order chi connectivity index (χ1) is 12.0. The Morgan fingerprint density at radius 3 is 2.68 bits per heavy atom. The molecule has 1 aromatic heterocycles. The molecule has 1 aliphatic heterocycles. The molecule has 0 bridgehead atoms. The van der Waals surface area contributed by atoms with Gasteiger partial charge in [0.15, 0.2) is 5.78 Å². The van der Waals surface area contributed by atoms with Crippen LogP contribution in [0.1, 0.15) is 45.4 Å². The summed E-state index contributed by atoms with van der Waals surface area (Å²) in [5, 5.41) is 2.93. The second-order valence-electron chi connectivity index (χ2n) is 6.47. The van der Waals surface area contributed by atoms with Gasteiger partial charge in [0.2, 0.25) is 5.91 Å². The van der Waals surface area contributed by atoms with Gasteiger partial charge >= 0.3 is 0 Å². The van der Waals surface area contributed by atoms with E-state index < -0.39 is 0 Å². The van der Waals surface area contributed by atoms with E-state index in [0.717, 1.165) is 40.5 Å². The summed E-state index contributed by atoms with van der Waals surface area (Å²) in [6.45, 7) is 8.10. The van der Waals surface area contributed by atoms with E-state index in [0.29, 0.717) is 0 Å². The van der Waals surface area contributed by atoms with Gasteiger partial charge in [-0.1, -0.05) is 6.07 Å². The molecule has 1 aromatic carbocycles. The summed E-state index contributed by atoms with van der Waals surface area (Å²) in [7, 11) is 0. The fourth-order valence-electron chi connectivity index (χ4n) is 3.34. The molecule has 0 saturated carbocycles. The molecule has 5 heteroatoms. The monoisotopic (exact) mass is 356 g/mol. The molecule has 0 fully saturated rings. The number of anilines is 2. The number of Topliss-reactive ketones (excluding diaryl/α,β-unsaturated/α-hetero) is 1.